The van der Waals surface area contributed by atoms with Crippen LogP contribution < -0.4 is 18.9 Å². The Balaban J connectivity index is 1.62. The molecule has 7 heteroatoms. The van der Waals surface area contributed by atoms with E-state index in [1.807, 2.05) is 6.92 Å². The van der Waals surface area contributed by atoms with Gasteiger partial charge in [0, 0.05) is 5.56 Å². The number of carbonyl (C=O) groups excluding carboxylic acids is 2. The lowest BCUT2D eigenvalue weighted by molar-refractivity contribution is 0.0474. The highest BCUT2D eigenvalue weighted by Gasteiger charge is 2.17. The molecule has 28 heavy (non-hydrogen) atoms. The average molecular weight is 386 g/mol. The zero-order valence-corrected chi connectivity index (χ0v) is 15.9. The molecule has 0 aromatic heterocycles. The monoisotopic (exact) mass is 386 g/mol. The van der Waals surface area contributed by atoms with Gasteiger partial charge in [-0.25, -0.2) is 4.79 Å². The molecule has 0 saturated carbocycles. The Bertz CT molecular complexity index is 860. The Morgan fingerprint density at radius 2 is 1.71 bits per heavy atom. The number of ether oxygens (including phenoxy) is 5. The Labute approximate surface area is 163 Å². The van der Waals surface area contributed by atoms with Crippen molar-refractivity contribution in [3.8, 4) is 23.0 Å². The van der Waals surface area contributed by atoms with Crippen molar-refractivity contribution in [2.24, 2.45) is 0 Å². The molecule has 3 rings (SSSR count). The predicted molar refractivity (Wildman–Crippen MR) is 101 cm³/mol. The molecule has 0 bridgehead atoms. The zero-order valence-electron chi connectivity index (χ0n) is 15.9. The fraction of sp³-hybridized carbons (Fsp3) is 0.333. The Hall–Kier alpha value is -3.22. The minimum atomic E-state index is -0.619. The third-order valence-electron chi connectivity index (χ3n) is 4.06. The van der Waals surface area contributed by atoms with Crippen LogP contribution in [-0.2, 0) is 4.74 Å². The molecule has 7 nitrogen and oxygen atoms in total. The van der Waals surface area contributed by atoms with E-state index in [2.05, 4.69) is 0 Å². The van der Waals surface area contributed by atoms with E-state index in [1.54, 1.807) is 30.3 Å². The van der Waals surface area contributed by atoms with Gasteiger partial charge in [0.25, 0.3) is 0 Å². The van der Waals surface area contributed by atoms with Crippen LogP contribution >= 0.6 is 0 Å². The number of fused-ring (bicyclic) bond motifs is 1. The third-order valence-corrected chi connectivity index (χ3v) is 4.06. The zero-order chi connectivity index (χ0) is 19.9. The average Bonchev–Trinajstić information content (AvgIpc) is 2.75. The number of rotatable bonds is 8. The number of Topliss-reactive ketones (excluding diaryl/α,β-unsaturated/α-hetero) is 1. The highest BCUT2D eigenvalue weighted by Crippen LogP contribution is 2.31. The largest absolute Gasteiger partial charge is 0.493 e. The minimum Gasteiger partial charge on any atom is -0.493 e. The van der Waals surface area contributed by atoms with Crippen molar-refractivity contribution in [3.05, 3.63) is 47.5 Å². The highest BCUT2D eigenvalue weighted by molar-refractivity contribution is 6.00. The number of methoxy groups -OCH3 is 1. The molecule has 0 unspecified atom stereocenters. The summed E-state index contributed by atoms with van der Waals surface area (Å²) in [5, 5.41) is 0. The number of benzene rings is 2. The van der Waals surface area contributed by atoms with Crippen LogP contribution in [0.3, 0.4) is 0 Å². The summed E-state index contributed by atoms with van der Waals surface area (Å²) in [6.07, 6.45) is 0.856. The van der Waals surface area contributed by atoms with Crippen molar-refractivity contribution in [3.63, 3.8) is 0 Å². The Kier molecular flexibility index (Phi) is 6.37. The van der Waals surface area contributed by atoms with Gasteiger partial charge in [-0.1, -0.05) is 6.92 Å². The van der Waals surface area contributed by atoms with Gasteiger partial charge in [-0.15, -0.1) is 0 Å². The van der Waals surface area contributed by atoms with Gasteiger partial charge in [0.05, 0.1) is 19.3 Å². The summed E-state index contributed by atoms with van der Waals surface area (Å²) in [6.45, 7) is 3.07. The van der Waals surface area contributed by atoms with E-state index in [9.17, 15) is 9.59 Å². The van der Waals surface area contributed by atoms with E-state index >= 15 is 0 Å². The summed E-state index contributed by atoms with van der Waals surface area (Å²) in [4.78, 5) is 24.6. The van der Waals surface area contributed by atoms with E-state index in [-0.39, 0.29) is 18.0 Å². The van der Waals surface area contributed by atoms with E-state index < -0.39 is 5.97 Å². The topological polar surface area (TPSA) is 80.3 Å². The minimum absolute atomic E-state index is 0.274. The number of hydrogen-bond donors (Lipinski definition) is 0. The molecular formula is C21H22O7. The molecule has 0 amide bonds. The van der Waals surface area contributed by atoms with Gasteiger partial charge in [-0.3, -0.25) is 4.79 Å². The molecule has 2 aromatic rings. The van der Waals surface area contributed by atoms with E-state index in [1.165, 1.54) is 13.2 Å². The summed E-state index contributed by atoms with van der Waals surface area (Å²) in [5.74, 6) is 1.13. The molecular weight excluding hydrogens is 364 g/mol. The SMILES string of the molecule is CCCOc1ccc(C(=O)OCC(=O)c2ccc3c(c2)OCCO3)cc1OC. The first kappa shape index (κ1) is 19.5. The maximum Gasteiger partial charge on any atom is 0.338 e. The van der Waals surface area contributed by atoms with Crippen molar-refractivity contribution in [2.45, 2.75) is 13.3 Å². The van der Waals surface area contributed by atoms with Crippen LogP contribution in [0.1, 0.15) is 34.1 Å². The predicted octanol–water partition coefficient (Wildman–Crippen LogP) is 3.29. The van der Waals surface area contributed by atoms with Crippen molar-refractivity contribution in [2.75, 3.05) is 33.5 Å². The Morgan fingerprint density at radius 3 is 2.46 bits per heavy atom. The molecule has 0 atom stereocenters. The van der Waals surface area contributed by atoms with E-state index in [0.717, 1.165) is 6.42 Å². The summed E-state index contributed by atoms with van der Waals surface area (Å²) >= 11 is 0. The lowest BCUT2D eigenvalue weighted by atomic mass is 10.1. The molecule has 148 valence electrons. The van der Waals surface area contributed by atoms with Gasteiger partial charge in [0.15, 0.2) is 35.4 Å². The second kappa shape index (κ2) is 9.12. The van der Waals surface area contributed by atoms with Crippen molar-refractivity contribution in [1.82, 2.24) is 0 Å². The van der Waals surface area contributed by atoms with Gasteiger partial charge in [0.2, 0.25) is 0 Å². The van der Waals surface area contributed by atoms with Gasteiger partial charge in [0.1, 0.15) is 13.2 Å². The van der Waals surface area contributed by atoms with Crippen LogP contribution in [-0.4, -0.2) is 45.3 Å². The van der Waals surface area contributed by atoms with Gasteiger partial charge >= 0.3 is 5.97 Å². The van der Waals surface area contributed by atoms with Crippen LogP contribution in [0.15, 0.2) is 36.4 Å². The molecule has 1 aliphatic rings. The van der Waals surface area contributed by atoms with Crippen molar-refractivity contribution < 1.29 is 33.3 Å². The lowest BCUT2D eigenvalue weighted by Gasteiger charge is -2.18. The summed E-state index contributed by atoms with van der Waals surface area (Å²) in [7, 11) is 1.49. The van der Waals surface area contributed by atoms with Crippen LogP contribution in [0.25, 0.3) is 0 Å². The second-order valence-electron chi connectivity index (χ2n) is 6.07. The first-order valence-electron chi connectivity index (χ1n) is 9.03. The Morgan fingerprint density at radius 1 is 0.964 bits per heavy atom. The van der Waals surface area contributed by atoms with Crippen LogP contribution in [0.4, 0.5) is 0 Å². The van der Waals surface area contributed by atoms with Crippen molar-refractivity contribution >= 4 is 11.8 Å². The van der Waals surface area contributed by atoms with Crippen LogP contribution in [0.5, 0.6) is 23.0 Å². The molecule has 0 spiro atoms. The highest BCUT2D eigenvalue weighted by atomic mass is 16.6. The quantitative estimate of drug-likeness (QED) is 0.509. The van der Waals surface area contributed by atoms with Crippen LogP contribution in [0.2, 0.25) is 0 Å². The summed E-state index contributed by atoms with van der Waals surface area (Å²) in [5.41, 5.74) is 0.661. The summed E-state index contributed by atoms with van der Waals surface area (Å²) in [6, 6.07) is 9.63. The molecule has 1 aliphatic heterocycles. The normalized spacial score (nSPS) is 12.2. The fourth-order valence-electron chi connectivity index (χ4n) is 2.64. The van der Waals surface area contributed by atoms with Crippen LogP contribution in [0, 0.1) is 0 Å². The third kappa shape index (κ3) is 4.54. The van der Waals surface area contributed by atoms with Gasteiger partial charge in [-0.05, 0) is 42.8 Å². The van der Waals surface area contributed by atoms with Crippen molar-refractivity contribution in [1.29, 1.82) is 0 Å². The number of ketones is 1. The maximum atomic E-state index is 12.3. The molecule has 0 saturated heterocycles. The van der Waals surface area contributed by atoms with E-state index in [0.29, 0.717) is 48.4 Å². The fourth-order valence-corrected chi connectivity index (χ4v) is 2.64. The molecule has 1 heterocycles. The molecule has 0 radical (unpaired) electrons. The number of hydrogen-bond acceptors (Lipinski definition) is 7. The van der Waals surface area contributed by atoms with Gasteiger partial charge < -0.3 is 23.7 Å². The second-order valence-corrected chi connectivity index (χ2v) is 6.07. The standard InChI is InChI=1S/C21H22O7/c1-3-8-25-17-7-5-15(12-19(17)24-2)21(23)28-13-16(22)14-4-6-18-20(11-14)27-10-9-26-18/h4-7,11-12H,3,8-10,13H2,1-2H3. The summed E-state index contributed by atoms with van der Waals surface area (Å²) < 4.78 is 26.9. The maximum absolute atomic E-state index is 12.3. The molecule has 0 N–H and O–H groups in total. The van der Waals surface area contributed by atoms with E-state index in [4.69, 9.17) is 23.7 Å². The van der Waals surface area contributed by atoms with Gasteiger partial charge in [-0.2, -0.15) is 0 Å². The number of carbonyl (C=O) groups is 2. The lowest BCUT2D eigenvalue weighted by Crippen LogP contribution is -2.17. The molecule has 2 aromatic carbocycles. The first-order chi connectivity index (χ1) is 13.6. The smallest absolute Gasteiger partial charge is 0.338 e. The molecule has 0 fully saturated rings. The molecule has 0 aliphatic carbocycles. The first-order valence-corrected chi connectivity index (χ1v) is 9.03. The number of esters is 1.